The van der Waals surface area contributed by atoms with E-state index in [0.29, 0.717) is 0 Å². The van der Waals surface area contributed by atoms with Gasteiger partial charge in [0.25, 0.3) is 0 Å². The summed E-state index contributed by atoms with van der Waals surface area (Å²) in [7, 11) is 0. The third-order valence-corrected chi connectivity index (χ3v) is 5.24. The van der Waals surface area contributed by atoms with Gasteiger partial charge in [-0.1, -0.05) is 92.9 Å². The number of hydrogen-bond acceptors (Lipinski definition) is 0. The van der Waals surface area contributed by atoms with E-state index in [1.807, 2.05) is 31.2 Å². The Balaban J connectivity index is 3.35. The van der Waals surface area contributed by atoms with E-state index in [9.17, 15) is 0 Å². The third-order valence-electron chi connectivity index (χ3n) is 4.46. The lowest BCUT2D eigenvalue weighted by atomic mass is 9.83. The van der Waals surface area contributed by atoms with Crippen molar-refractivity contribution in [3.05, 3.63) is 56.9 Å². The highest BCUT2D eigenvalue weighted by Crippen LogP contribution is 2.30. The molecule has 128 valence electrons. The van der Waals surface area contributed by atoms with Crippen LogP contribution >= 0.6 is 23.2 Å². The van der Waals surface area contributed by atoms with E-state index in [1.54, 1.807) is 0 Å². The molecule has 0 fully saturated rings. The molecule has 0 aromatic heterocycles. The van der Waals surface area contributed by atoms with Crippen molar-refractivity contribution in [3.8, 4) is 0 Å². The number of benzene rings is 2. The Morgan fingerprint density at radius 1 is 1.00 bits per heavy atom. The second-order valence-corrected chi connectivity index (χ2v) is 7.98. The van der Waals surface area contributed by atoms with Crippen LogP contribution < -0.4 is 10.4 Å². The lowest BCUT2D eigenvalue weighted by molar-refractivity contribution is 0.566. The fraction of sp³-hybridized carbons (Fsp3) is 0.364. The summed E-state index contributed by atoms with van der Waals surface area (Å²) in [5.41, 5.74) is 2.43. The van der Waals surface area contributed by atoms with Gasteiger partial charge in [-0.2, -0.15) is 0 Å². The predicted octanol–water partition coefficient (Wildman–Crippen LogP) is 6.50. The standard InChI is InChI=1S/C22H26Cl2/c1-7-11-17(22(4,5)6)19-18(14(3)8-2)20(23)15-12-9-10-13-16(15)21(19)24/h7,9-13H,8H2,1-6H3/b11-7-,18-14?,19-17-. The van der Waals surface area contributed by atoms with Gasteiger partial charge in [-0.25, -0.2) is 0 Å². The van der Waals surface area contributed by atoms with Gasteiger partial charge in [-0.05, 0) is 31.3 Å². The molecule has 0 saturated carbocycles. The van der Waals surface area contributed by atoms with Crippen molar-refractivity contribution in [2.75, 3.05) is 0 Å². The molecule has 0 spiro atoms. The molecular formula is C22H26Cl2. The SMILES string of the molecule is C/C=C\C(=c1\c(Cl)c2ccccc2c(Cl)c1=C(C)CC)C(C)(C)C. The molecule has 2 heteroatoms. The Bertz CT molecular complexity index is 910. The number of hydrogen-bond donors (Lipinski definition) is 0. The minimum Gasteiger partial charge on any atom is -0.0873 e. The summed E-state index contributed by atoms with van der Waals surface area (Å²) in [6, 6.07) is 8.12. The van der Waals surface area contributed by atoms with Crippen LogP contribution in [0.1, 0.15) is 48.0 Å². The molecule has 0 bridgehead atoms. The summed E-state index contributed by atoms with van der Waals surface area (Å²) in [5, 5.41) is 5.79. The normalized spacial score (nSPS) is 15.2. The molecule has 0 atom stereocenters. The Kier molecular flexibility index (Phi) is 5.83. The minimum atomic E-state index is -0.0370. The van der Waals surface area contributed by atoms with E-state index >= 15 is 0 Å². The van der Waals surface area contributed by atoms with E-state index in [4.69, 9.17) is 23.2 Å². The molecule has 0 N–H and O–H groups in total. The molecule has 0 amide bonds. The fourth-order valence-electron chi connectivity index (χ4n) is 3.06. The van der Waals surface area contributed by atoms with Crippen molar-refractivity contribution in [1.82, 2.24) is 0 Å². The van der Waals surface area contributed by atoms with Crippen LogP contribution in [0.15, 0.2) is 36.4 Å². The number of fused-ring (bicyclic) bond motifs is 1. The van der Waals surface area contributed by atoms with Crippen molar-refractivity contribution >= 4 is 45.1 Å². The van der Waals surface area contributed by atoms with Gasteiger partial charge in [-0.15, -0.1) is 0 Å². The number of rotatable bonds is 2. The molecule has 24 heavy (non-hydrogen) atoms. The van der Waals surface area contributed by atoms with Crippen LogP contribution in [-0.4, -0.2) is 0 Å². The van der Waals surface area contributed by atoms with Gasteiger partial charge < -0.3 is 0 Å². The Hall–Kier alpha value is -1.24. The van der Waals surface area contributed by atoms with Crippen LogP contribution in [-0.2, 0) is 0 Å². The molecule has 0 saturated heterocycles. The van der Waals surface area contributed by atoms with Crippen molar-refractivity contribution in [1.29, 1.82) is 0 Å². The number of halogens is 2. The molecule has 0 aliphatic carbocycles. The summed E-state index contributed by atoms with van der Waals surface area (Å²) in [6.07, 6.45) is 5.18. The molecule has 0 unspecified atom stereocenters. The van der Waals surface area contributed by atoms with Gasteiger partial charge in [-0.3, -0.25) is 0 Å². The number of allylic oxidation sites excluding steroid dienone is 2. The fourth-order valence-corrected chi connectivity index (χ4v) is 3.84. The maximum absolute atomic E-state index is 6.93. The Morgan fingerprint density at radius 3 is 1.92 bits per heavy atom. The van der Waals surface area contributed by atoms with E-state index in [-0.39, 0.29) is 5.41 Å². The maximum atomic E-state index is 6.93. The summed E-state index contributed by atoms with van der Waals surface area (Å²) in [5.74, 6) is 0. The zero-order valence-corrected chi connectivity index (χ0v) is 16.9. The summed E-state index contributed by atoms with van der Waals surface area (Å²) in [4.78, 5) is 0. The lowest BCUT2D eigenvalue weighted by Crippen LogP contribution is -2.34. The Morgan fingerprint density at radius 2 is 1.50 bits per heavy atom. The maximum Gasteiger partial charge on any atom is 0.0566 e. The highest BCUT2D eigenvalue weighted by atomic mass is 35.5. The van der Waals surface area contributed by atoms with Crippen molar-refractivity contribution in [3.63, 3.8) is 0 Å². The average molecular weight is 361 g/mol. The topological polar surface area (TPSA) is 0 Å². The smallest absolute Gasteiger partial charge is 0.0566 e. The molecule has 0 aliphatic heterocycles. The van der Waals surface area contributed by atoms with Gasteiger partial charge in [0.2, 0.25) is 0 Å². The zero-order valence-electron chi connectivity index (χ0n) is 15.4. The van der Waals surface area contributed by atoms with E-state index in [0.717, 1.165) is 37.7 Å². The van der Waals surface area contributed by atoms with Crippen molar-refractivity contribution in [2.24, 2.45) is 5.41 Å². The second-order valence-electron chi connectivity index (χ2n) is 7.22. The van der Waals surface area contributed by atoms with E-state index in [2.05, 4.69) is 46.8 Å². The average Bonchev–Trinajstić information content (AvgIpc) is 2.54. The van der Waals surface area contributed by atoms with Crippen LogP contribution in [0.5, 0.6) is 0 Å². The summed E-state index contributed by atoms with van der Waals surface area (Å²) in [6.45, 7) is 13.0. The predicted molar refractivity (Wildman–Crippen MR) is 110 cm³/mol. The van der Waals surface area contributed by atoms with Gasteiger partial charge >= 0.3 is 0 Å². The molecule has 0 nitrogen and oxygen atoms in total. The molecule has 0 heterocycles. The Labute approximate surface area is 155 Å². The lowest BCUT2D eigenvalue weighted by Gasteiger charge is -2.22. The highest BCUT2D eigenvalue weighted by Gasteiger charge is 2.20. The van der Waals surface area contributed by atoms with Crippen LogP contribution in [0.3, 0.4) is 0 Å². The zero-order chi connectivity index (χ0) is 18.1. The molecule has 0 aliphatic rings. The second kappa shape index (κ2) is 7.33. The van der Waals surface area contributed by atoms with Crippen molar-refractivity contribution < 1.29 is 0 Å². The van der Waals surface area contributed by atoms with E-state index < -0.39 is 0 Å². The quantitative estimate of drug-likeness (QED) is 0.573. The largest absolute Gasteiger partial charge is 0.0873 e. The van der Waals surface area contributed by atoms with Gasteiger partial charge in [0.15, 0.2) is 0 Å². The molecule has 2 aromatic rings. The minimum absolute atomic E-state index is 0.0370. The van der Waals surface area contributed by atoms with Crippen LogP contribution in [0.25, 0.3) is 21.9 Å². The first-order chi connectivity index (χ1) is 11.2. The summed E-state index contributed by atoms with van der Waals surface area (Å²) >= 11 is 13.8. The van der Waals surface area contributed by atoms with Gasteiger partial charge in [0.05, 0.1) is 10.0 Å². The molecule has 2 aromatic carbocycles. The van der Waals surface area contributed by atoms with Gasteiger partial charge in [0, 0.05) is 21.2 Å². The highest BCUT2D eigenvalue weighted by molar-refractivity contribution is 6.40. The first-order valence-corrected chi connectivity index (χ1v) is 9.22. The van der Waals surface area contributed by atoms with Gasteiger partial charge in [0.1, 0.15) is 0 Å². The first kappa shape index (κ1) is 19.1. The van der Waals surface area contributed by atoms with Crippen LogP contribution in [0.4, 0.5) is 0 Å². The summed E-state index contributed by atoms with van der Waals surface area (Å²) < 4.78 is 0. The van der Waals surface area contributed by atoms with E-state index in [1.165, 1.54) is 11.1 Å². The van der Waals surface area contributed by atoms with Crippen molar-refractivity contribution in [2.45, 2.75) is 48.0 Å². The molecular weight excluding hydrogens is 335 g/mol. The first-order valence-electron chi connectivity index (χ1n) is 8.47. The molecule has 0 radical (unpaired) electrons. The third kappa shape index (κ3) is 3.41. The van der Waals surface area contributed by atoms with Crippen LogP contribution in [0.2, 0.25) is 10.0 Å². The monoisotopic (exact) mass is 360 g/mol. The molecule has 2 rings (SSSR count). The van der Waals surface area contributed by atoms with Crippen LogP contribution in [0, 0.1) is 5.41 Å².